The molecule has 0 aliphatic heterocycles. The smallest absolute Gasteiger partial charge is 0.206 e. The zero-order valence-electron chi connectivity index (χ0n) is 8.76. The number of hydrogen-bond donors (Lipinski definition) is 0. The van der Waals surface area contributed by atoms with Gasteiger partial charge in [0, 0.05) is 10.6 Å². The quantitative estimate of drug-likeness (QED) is 0.693. The predicted octanol–water partition coefficient (Wildman–Crippen LogP) is 5.25. The Morgan fingerprint density at radius 3 is 2.53 bits per heavy atom. The van der Waals surface area contributed by atoms with Crippen molar-refractivity contribution >= 4 is 51.9 Å². The third-order valence-electron chi connectivity index (χ3n) is 2.28. The van der Waals surface area contributed by atoms with Crippen LogP contribution in [0.1, 0.15) is 20.8 Å². The highest BCUT2D eigenvalue weighted by Gasteiger charge is 2.19. The number of benzene rings is 1. The van der Waals surface area contributed by atoms with Gasteiger partial charge in [0.2, 0.25) is 5.78 Å². The number of ketones is 1. The van der Waals surface area contributed by atoms with Gasteiger partial charge in [-0.05, 0) is 36.1 Å². The van der Waals surface area contributed by atoms with Crippen LogP contribution in [-0.4, -0.2) is 5.78 Å². The van der Waals surface area contributed by atoms with Gasteiger partial charge < -0.3 is 0 Å². The third-order valence-corrected chi connectivity index (χ3v) is 4.54. The first kappa shape index (κ1) is 12.9. The van der Waals surface area contributed by atoms with E-state index < -0.39 is 0 Å². The van der Waals surface area contributed by atoms with Gasteiger partial charge in [0.25, 0.3) is 0 Å². The summed E-state index contributed by atoms with van der Waals surface area (Å²) in [4.78, 5) is 12.7. The molecule has 0 aliphatic rings. The predicted molar refractivity (Wildman–Crippen MR) is 74.0 cm³/mol. The molecule has 1 nitrogen and oxygen atoms in total. The highest BCUT2D eigenvalue weighted by Crippen LogP contribution is 2.31. The molecular formula is C12H7Cl3OS. The van der Waals surface area contributed by atoms with Gasteiger partial charge in [-0.3, -0.25) is 4.79 Å². The third kappa shape index (κ3) is 2.50. The van der Waals surface area contributed by atoms with E-state index in [9.17, 15) is 4.79 Å². The molecule has 0 fully saturated rings. The molecule has 0 radical (unpaired) electrons. The minimum absolute atomic E-state index is 0.194. The Morgan fingerprint density at radius 2 is 1.94 bits per heavy atom. The largest absolute Gasteiger partial charge is 0.288 e. The molecule has 1 aromatic heterocycles. The molecule has 0 spiro atoms. The van der Waals surface area contributed by atoms with E-state index in [1.54, 1.807) is 18.2 Å². The first-order chi connectivity index (χ1) is 8.00. The molecule has 0 saturated carbocycles. The lowest BCUT2D eigenvalue weighted by Crippen LogP contribution is -2.00. The standard InChI is InChI=1S/C12H7Cl3OS/c1-6-5-17-12(10(6)15)11(16)8-4-7(13)2-3-9(8)14/h2-5H,1H3. The van der Waals surface area contributed by atoms with Crippen molar-refractivity contribution in [2.24, 2.45) is 0 Å². The van der Waals surface area contributed by atoms with Crippen LogP contribution in [0.3, 0.4) is 0 Å². The summed E-state index contributed by atoms with van der Waals surface area (Å²) in [5.74, 6) is -0.194. The van der Waals surface area contributed by atoms with E-state index in [1.807, 2.05) is 12.3 Å². The summed E-state index contributed by atoms with van der Waals surface area (Å²) in [6, 6.07) is 4.80. The van der Waals surface area contributed by atoms with Crippen LogP contribution >= 0.6 is 46.1 Å². The molecule has 0 unspecified atom stereocenters. The van der Waals surface area contributed by atoms with Gasteiger partial charge >= 0.3 is 0 Å². The first-order valence-corrected chi connectivity index (χ1v) is 6.75. The van der Waals surface area contributed by atoms with E-state index in [2.05, 4.69) is 0 Å². The molecule has 2 rings (SSSR count). The van der Waals surface area contributed by atoms with Crippen LogP contribution in [0.4, 0.5) is 0 Å². The minimum atomic E-state index is -0.194. The van der Waals surface area contributed by atoms with E-state index in [0.29, 0.717) is 25.5 Å². The van der Waals surface area contributed by atoms with E-state index >= 15 is 0 Å². The molecule has 1 aromatic carbocycles. The fourth-order valence-electron chi connectivity index (χ4n) is 1.38. The number of aryl methyl sites for hydroxylation is 1. The van der Waals surface area contributed by atoms with Crippen LogP contribution in [0.25, 0.3) is 0 Å². The summed E-state index contributed by atoms with van der Waals surface area (Å²) < 4.78 is 0. The van der Waals surface area contributed by atoms with Gasteiger partial charge in [-0.1, -0.05) is 34.8 Å². The number of hydrogen-bond acceptors (Lipinski definition) is 2. The number of carbonyl (C=O) groups excluding carboxylic acids is 1. The second kappa shape index (κ2) is 4.99. The monoisotopic (exact) mass is 304 g/mol. The Kier molecular flexibility index (Phi) is 3.79. The zero-order valence-corrected chi connectivity index (χ0v) is 11.8. The number of carbonyl (C=O) groups is 1. The fourth-order valence-corrected chi connectivity index (χ4v) is 2.98. The van der Waals surface area contributed by atoms with Crippen molar-refractivity contribution in [3.05, 3.63) is 54.7 Å². The van der Waals surface area contributed by atoms with Gasteiger partial charge in [-0.25, -0.2) is 0 Å². The Balaban J connectivity index is 2.51. The van der Waals surface area contributed by atoms with Crippen LogP contribution in [0, 0.1) is 6.92 Å². The number of thiophene rings is 1. The lowest BCUT2D eigenvalue weighted by molar-refractivity contribution is 0.104. The molecule has 0 aliphatic carbocycles. The first-order valence-electron chi connectivity index (χ1n) is 4.74. The molecule has 1 heterocycles. The SMILES string of the molecule is Cc1csc(C(=O)c2cc(Cl)ccc2Cl)c1Cl. The van der Waals surface area contributed by atoms with Crippen LogP contribution in [0.2, 0.25) is 15.1 Å². The lowest BCUT2D eigenvalue weighted by Gasteiger charge is -2.03. The number of halogens is 3. The molecule has 2 aromatic rings. The van der Waals surface area contributed by atoms with Gasteiger partial charge in [0.1, 0.15) is 0 Å². The molecule has 0 saturated heterocycles. The molecular weight excluding hydrogens is 299 g/mol. The van der Waals surface area contributed by atoms with E-state index in [-0.39, 0.29) is 5.78 Å². The van der Waals surface area contributed by atoms with Crippen molar-refractivity contribution in [2.75, 3.05) is 0 Å². The maximum atomic E-state index is 12.2. The van der Waals surface area contributed by atoms with Crippen LogP contribution in [0.5, 0.6) is 0 Å². The summed E-state index contributed by atoms with van der Waals surface area (Å²) in [7, 11) is 0. The Morgan fingerprint density at radius 1 is 1.24 bits per heavy atom. The highest BCUT2D eigenvalue weighted by atomic mass is 35.5. The zero-order chi connectivity index (χ0) is 12.6. The maximum absolute atomic E-state index is 12.2. The normalized spacial score (nSPS) is 10.6. The second-order valence-electron chi connectivity index (χ2n) is 3.52. The summed E-state index contributed by atoms with van der Waals surface area (Å²) in [6.07, 6.45) is 0. The van der Waals surface area contributed by atoms with Gasteiger partial charge in [-0.15, -0.1) is 11.3 Å². The van der Waals surface area contributed by atoms with Gasteiger partial charge in [-0.2, -0.15) is 0 Å². The molecule has 0 amide bonds. The van der Waals surface area contributed by atoms with E-state index in [1.165, 1.54) is 11.3 Å². The van der Waals surface area contributed by atoms with Crippen LogP contribution in [0.15, 0.2) is 23.6 Å². The van der Waals surface area contributed by atoms with E-state index in [4.69, 9.17) is 34.8 Å². The molecule has 88 valence electrons. The van der Waals surface area contributed by atoms with Crippen LogP contribution in [-0.2, 0) is 0 Å². The lowest BCUT2D eigenvalue weighted by atomic mass is 10.1. The number of rotatable bonds is 2. The van der Waals surface area contributed by atoms with Crippen LogP contribution < -0.4 is 0 Å². The Bertz CT molecular complexity index is 589. The average Bonchev–Trinajstić information content (AvgIpc) is 2.62. The average molecular weight is 306 g/mol. The highest BCUT2D eigenvalue weighted by molar-refractivity contribution is 7.13. The van der Waals surface area contributed by atoms with Crippen molar-refractivity contribution in [1.82, 2.24) is 0 Å². The van der Waals surface area contributed by atoms with Crippen molar-refractivity contribution in [3.8, 4) is 0 Å². The Hall–Kier alpha value is -0.540. The molecule has 5 heteroatoms. The van der Waals surface area contributed by atoms with E-state index in [0.717, 1.165) is 5.56 Å². The summed E-state index contributed by atoms with van der Waals surface area (Å²) >= 11 is 19.2. The topological polar surface area (TPSA) is 17.1 Å². The fraction of sp³-hybridized carbons (Fsp3) is 0.0833. The Labute approximate surface area is 118 Å². The van der Waals surface area contributed by atoms with Crippen molar-refractivity contribution in [1.29, 1.82) is 0 Å². The molecule has 17 heavy (non-hydrogen) atoms. The van der Waals surface area contributed by atoms with Gasteiger partial charge in [0.15, 0.2) is 0 Å². The van der Waals surface area contributed by atoms with Crippen molar-refractivity contribution in [3.63, 3.8) is 0 Å². The van der Waals surface area contributed by atoms with Gasteiger partial charge in [0.05, 0.1) is 14.9 Å². The summed E-state index contributed by atoms with van der Waals surface area (Å²) in [5, 5.41) is 3.17. The second-order valence-corrected chi connectivity index (χ2v) is 5.62. The maximum Gasteiger partial charge on any atom is 0.206 e. The summed E-state index contributed by atoms with van der Waals surface area (Å²) in [6.45, 7) is 1.86. The molecule has 0 bridgehead atoms. The molecule has 0 N–H and O–H groups in total. The summed E-state index contributed by atoms with van der Waals surface area (Å²) in [5.41, 5.74) is 1.26. The minimum Gasteiger partial charge on any atom is -0.288 e. The molecule has 0 atom stereocenters. The van der Waals surface area contributed by atoms with Crippen molar-refractivity contribution < 1.29 is 4.79 Å². The van der Waals surface area contributed by atoms with Crippen molar-refractivity contribution in [2.45, 2.75) is 6.92 Å².